The maximum atomic E-state index is 13.2. The van der Waals surface area contributed by atoms with Gasteiger partial charge in [0.05, 0.1) is 29.3 Å². The number of carboxylic acids is 1. The van der Waals surface area contributed by atoms with Crippen molar-refractivity contribution in [1.29, 1.82) is 0 Å². The van der Waals surface area contributed by atoms with E-state index >= 15 is 0 Å². The molecule has 0 aromatic heterocycles. The Kier molecular flexibility index (Phi) is 9.16. The molecule has 5 aliphatic rings. The van der Waals surface area contributed by atoms with E-state index in [1.165, 1.54) is 0 Å². The van der Waals surface area contributed by atoms with Gasteiger partial charge in [-0.15, -0.1) is 0 Å². The zero-order chi connectivity index (χ0) is 34.6. The number of fused-ring (bicyclic) bond motifs is 5. The lowest BCUT2D eigenvalue weighted by molar-refractivity contribution is -0.282. The van der Waals surface area contributed by atoms with E-state index in [-0.39, 0.29) is 29.3 Å². The molecule has 49 heavy (non-hydrogen) atoms. The Morgan fingerprint density at radius 2 is 1.41 bits per heavy atom. The fourth-order valence-electron chi connectivity index (χ4n) is 10.8. The van der Waals surface area contributed by atoms with Gasteiger partial charge in [-0.25, -0.2) is 9.59 Å². The van der Waals surface area contributed by atoms with Gasteiger partial charge in [0.2, 0.25) is 0 Å². The molecule has 9 heteroatoms. The molecule has 0 amide bonds. The van der Waals surface area contributed by atoms with E-state index in [0.29, 0.717) is 35.3 Å². The first kappa shape index (κ1) is 34.2. The fourth-order valence-corrected chi connectivity index (χ4v) is 10.8. The third-order valence-electron chi connectivity index (χ3n) is 13.8. The molecule has 1 saturated heterocycles. The Morgan fingerprint density at radius 3 is 2.04 bits per heavy atom. The van der Waals surface area contributed by atoms with Crippen molar-refractivity contribution in [3.8, 4) is 0 Å². The van der Waals surface area contributed by atoms with Crippen LogP contribution in [0.15, 0.2) is 60.7 Å². The second-order valence-electron chi connectivity index (χ2n) is 16.0. The first-order valence-electron chi connectivity index (χ1n) is 18.3. The topological polar surface area (TPSA) is 134 Å². The molecule has 0 bridgehead atoms. The molecule has 1 heterocycles. The summed E-state index contributed by atoms with van der Waals surface area (Å²) >= 11 is 0. The fraction of sp³-hybridized carbons (Fsp3) is 0.625. The molecule has 9 nitrogen and oxygen atoms in total. The maximum absolute atomic E-state index is 13.2. The molecule has 0 radical (unpaired) electrons. The minimum absolute atomic E-state index is 0.0725. The van der Waals surface area contributed by atoms with Gasteiger partial charge in [-0.3, -0.25) is 4.79 Å². The molecule has 3 N–H and O–H groups in total. The molecule has 7 rings (SSSR count). The Bertz CT molecular complexity index is 1540. The number of carbonyl (C=O) groups excluding carboxylic acids is 2. The second kappa shape index (κ2) is 13.1. The third-order valence-corrected chi connectivity index (χ3v) is 13.8. The molecular formula is C40H51NO8. The summed E-state index contributed by atoms with van der Waals surface area (Å²) < 4.78 is 25.1. The summed E-state index contributed by atoms with van der Waals surface area (Å²) in [6, 6.07) is 17.7. The van der Waals surface area contributed by atoms with Crippen molar-refractivity contribution in [2.45, 2.75) is 121 Å². The molecular weight excluding hydrogens is 622 g/mol. The predicted octanol–water partition coefficient (Wildman–Crippen LogP) is 6.78. The van der Waals surface area contributed by atoms with E-state index in [4.69, 9.17) is 24.7 Å². The van der Waals surface area contributed by atoms with Crippen LogP contribution in [0.1, 0.15) is 106 Å². The number of carbonyl (C=O) groups is 3. The third kappa shape index (κ3) is 5.99. The Hall–Kier alpha value is -3.27. The van der Waals surface area contributed by atoms with Gasteiger partial charge >= 0.3 is 17.9 Å². The molecule has 264 valence electrons. The van der Waals surface area contributed by atoms with E-state index < -0.39 is 48.0 Å². The van der Waals surface area contributed by atoms with Gasteiger partial charge in [0.25, 0.3) is 0 Å². The minimum Gasteiger partial charge on any atom is -0.481 e. The summed E-state index contributed by atoms with van der Waals surface area (Å²) in [5, 5.41) is 10.0. The molecule has 12 atom stereocenters. The number of nitrogens with two attached hydrogens (primary N) is 1. The number of carboxylic acid groups (broad SMARTS) is 1. The normalized spacial score (nSPS) is 41.4. The predicted molar refractivity (Wildman–Crippen MR) is 181 cm³/mol. The average molecular weight is 674 g/mol. The average Bonchev–Trinajstić information content (AvgIpc) is 3.38. The van der Waals surface area contributed by atoms with E-state index in [1.54, 1.807) is 48.5 Å². The molecule has 0 spiro atoms. The van der Waals surface area contributed by atoms with E-state index in [1.807, 2.05) is 19.1 Å². The standard InChI is InChI=1S/C40H51NO8/c1-24-32(48-35(44)25-10-6-4-7-11-25)23-33(49-36(45)26-12-8-5-9-13-26)37(46-24)47-28-16-19-38(2)27(22-28)14-15-30-29(38)17-20-39(3)31(34(42)43)18-21-40(30,39)41/h4-13,24,27-33,37H,14-23,41H2,1-3H3,(H,42,43)/t24-,27+,28-,29-,30+,31+,32+,33+,37-,38-,39+,40-/m0/s1. The second-order valence-corrected chi connectivity index (χ2v) is 16.0. The van der Waals surface area contributed by atoms with Gasteiger partial charge in [-0.1, -0.05) is 50.2 Å². The lowest BCUT2D eigenvalue weighted by Crippen LogP contribution is -2.66. The number of benzene rings is 2. The smallest absolute Gasteiger partial charge is 0.338 e. The van der Waals surface area contributed by atoms with Crippen LogP contribution in [-0.2, 0) is 23.7 Å². The van der Waals surface area contributed by atoms with Crippen molar-refractivity contribution in [1.82, 2.24) is 0 Å². The van der Waals surface area contributed by atoms with Crippen molar-refractivity contribution in [2.24, 2.45) is 40.2 Å². The molecule has 5 fully saturated rings. The van der Waals surface area contributed by atoms with Gasteiger partial charge in [0.1, 0.15) is 6.10 Å². The van der Waals surface area contributed by atoms with Crippen molar-refractivity contribution in [3.63, 3.8) is 0 Å². The summed E-state index contributed by atoms with van der Waals surface area (Å²) in [6.45, 7) is 6.45. The summed E-state index contributed by atoms with van der Waals surface area (Å²) in [5.41, 5.74) is 7.50. The molecule has 0 unspecified atom stereocenters. The van der Waals surface area contributed by atoms with Crippen LogP contribution in [0.5, 0.6) is 0 Å². The summed E-state index contributed by atoms with van der Waals surface area (Å²) in [7, 11) is 0. The van der Waals surface area contributed by atoms with Crippen molar-refractivity contribution < 1.29 is 38.4 Å². The zero-order valence-electron chi connectivity index (χ0n) is 28.9. The van der Waals surface area contributed by atoms with Crippen molar-refractivity contribution in [3.05, 3.63) is 71.8 Å². The van der Waals surface area contributed by atoms with Gasteiger partial charge in [0, 0.05) is 12.0 Å². The number of hydrogen-bond acceptors (Lipinski definition) is 8. The highest BCUT2D eigenvalue weighted by Gasteiger charge is 2.67. The van der Waals surface area contributed by atoms with Crippen LogP contribution in [-0.4, -0.2) is 59.3 Å². The maximum Gasteiger partial charge on any atom is 0.338 e. The number of ether oxygens (including phenoxy) is 4. The highest BCUT2D eigenvalue weighted by Crippen LogP contribution is 2.68. The number of aliphatic carboxylic acids is 1. The van der Waals surface area contributed by atoms with Crippen LogP contribution in [0.4, 0.5) is 0 Å². The van der Waals surface area contributed by atoms with Crippen LogP contribution < -0.4 is 5.73 Å². The SMILES string of the molecule is C[C@@H]1O[C@@H](O[C@H]2CC[C@@]3(C)[C@H](CC[C@@H]4[C@@H]3CC[C@]3(C)[C@@H](C(=O)O)CC[C@]43N)C2)[C@H](OC(=O)c2ccccc2)C[C@H]1OC(=O)c1ccccc1. The van der Waals surface area contributed by atoms with E-state index in [0.717, 1.165) is 51.4 Å². The largest absolute Gasteiger partial charge is 0.481 e. The highest BCUT2D eigenvalue weighted by molar-refractivity contribution is 5.90. The van der Waals surface area contributed by atoms with Crippen LogP contribution >= 0.6 is 0 Å². The quantitative estimate of drug-likeness (QED) is 0.241. The first-order valence-corrected chi connectivity index (χ1v) is 18.3. The number of rotatable bonds is 7. The van der Waals surface area contributed by atoms with Gasteiger partial charge < -0.3 is 29.8 Å². The van der Waals surface area contributed by atoms with E-state index in [2.05, 4.69) is 13.8 Å². The minimum atomic E-state index is -0.797. The molecule has 4 aliphatic carbocycles. The Morgan fingerprint density at radius 1 is 0.776 bits per heavy atom. The van der Waals surface area contributed by atoms with Gasteiger partial charge in [0.15, 0.2) is 12.4 Å². The van der Waals surface area contributed by atoms with Crippen molar-refractivity contribution in [2.75, 3.05) is 0 Å². The van der Waals surface area contributed by atoms with Crippen LogP contribution in [0.3, 0.4) is 0 Å². The van der Waals surface area contributed by atoms with Crippen molar-refractivity contribution >= 4 is 17.9 Å². The highest BCUT2D eigenvalue weighted by atomic mass is 16.7. The number of esters is 2. The van der Waals surface area contributed by atoms with Crippen LogP contribution in [0.2, 0.25) is 0 Å². The first-order chi connectivity index (χ1) is 23.4. The monoisotopic (exact) mass is 673 g/mol. The zero-order valence-corrected chi connectivity index (χ0v) is 28.9. The number of hydrogen-bond donors (Lipinski definition) is 2. The van der Waals surface area contributed by atoms with Crippen LogP contribution in [0.25, 0.3) is 0 Å². The van der Waals surface area contributed by atoms with Crippen LogP contribution in [0, 0.1) is 34.5 Å². The molecule has 2 aromatic rings. The Labute approximate surface area is 289 Å². The molecule has 2 aromatic carbocycles. The molecule has 4 saturated carbocycles. The van der Waals surface area contributed by atoms with Gasteiger partial charge in [-0.2, -0.15) is 0 Å². The lowest BCUT2D eigenvalue weighted by Gasteiger charge is -2.64. The van der Waals surface area contributed by atoms with E-state index in [9.17, 15) is 19.5 Å². The summed E-state index contributed by atoms with van der Waals surface area (Å²) in [5.74, 6) is -0.748. The molecule has 1 aliphatic heterocycles. The lowest BCUT2D eigenvalue weighted by atomic mass is 9.42. The summed E-state index contributed by atoms with van der Waals surface area (Å²) in [6.07, 6.45) is 5.65. The Balaban J connectivity index is 1.05. The van der Waals surface area contributed by atoms with Gasteiger partial charge in [-0.05, 0) is 118 Å². The summed E-state index contributed by atoms with van der Waals surface area (Å²) in [4.78, 5) is 38.4.